The van der Waals surface area contributed by atoms with E-state index < -0.39 is 10.8 Å². The van der Waals surface area contributed by atoms with Gasteiger partial charge in [-0.05, 0) is 34.5 Å². The quantitative estimate of drug-likeness (QED) is 0.464. The maximum atomic E-state index is 11.7. The molecule has 24 heavy (non-hydrogen) atoms. The largest absolute Gasteiger partial charge is 0.483 e. The van der Waals surface area contributed by atoms with Crippen molar-refractivity contribution in [3.8, 4) is 5.75 Å². The third kappa shape index (κ3) is 5.17. The van der Waals surface area contributed by atoms with E-state index >= 15 is 0 Å². The molecule has 2 aromatic rings. The van der Waals surface area contributed by atoms with E-state index in [0.717, 1.165) is 11.1 Å². The van der Waals surface area contributed by atoms with Gasteiger partial charge in [0.1, 0.15) is 5.75 Å². The summed E-state index contributed by atoms with van der Waals surface area (Å²) < 4.78 is 5.69. The van der Waals surface area contributed by atoms with Crippen LogP contribution in [0.1, 0.15) is 11.1 Å². The summed E-state index contributed by atoms with van der Waals surface area (Å²) in [5, 5.41) is 14.5. The number of hydrogen-bond acceptors (Lipinski definition) is 5. The number of halogens is 1. The molecule has 1 amide bonds. The second kappa shape index (κ2) is 8.21. The molecule has 0 saturated carbocycles. The van der Waals surface area contributed by atoms with Crippen LogP contribution in [-0.4, -0.2) is 23.7 Å². The van der Waals surface area contributed by atoms with E-state index in [-0.39, 0.29) is 12.3 Å². The predicted molar refractivity (Wildman–Crippen MR) is 93.2 cm³/mol. The van der Waals surface area contributed by atoms with Crippen LogP contribution in [0.25, 0.3) is 0 Å². The lowest BCUT2D eigenvalue weighted by atomic mass is 10.2. The first-order chi connectivity index (χ1) is 11.5. The second-order valence-electron chi connectivity index (χ2n) is 4.86. The molecule has 0 atom stereocenters. The van der Waals surface area contributed by atoms with Crippen LogP contribution in [0.3, 0.4) is 0 Å². The molecule has 0 heterocycles. The van der Waals surface area contributed by atoms with E-state index in [4.69, 9.17) is 4.74 Å². The minimum absolute atomic E-state index is 0.0682. The zero-order valence-electron chi connectivity index (χ0n) is 12.7. The Balaban J connectivity index is 1.85. The van der Waals surface area contributed by atoms with Crippen molar-refractivity contribution in [3.63, 3.8) is 0 Å². The van der Waals surface area contributed by atoms with Crippen LogP contribution in [0, 0.1) is 17.0 Å². The zero-order chi connectivity index (χ0) is 17.5. The fraction of sp³-hybridized carbons (Fsp3) is 0.125. The number of rotatable bonds is 6. The van der Waals surface area contributed by atoms with Gasteiger partial charge in [-0.1, -0.05) is 29.8 Å². The number of hydrogen-bond donors (Lipinski definition) is 1. The van der Waals surface area contributed by atoms with Gasteiger partial charge in [-0.15, -0.1) is 0 Å². The molecular weight excluding hydrogens is 378 g/mol. The highest BCUT2D eigenvalue weighted by Gasteiger charge is 2.11. The van der Waals surface area contributed by atoms with Crippen molar-refractivity contribution in [1.29, 1.82) is 0 Å². The third-order valence-electron chi connectivity index (χ3n) is 2.97. The fourth-order valence-electron chi connectivity index (χ4n) is 1.73. The maximum Gasteiger partial charge on any atom is 0.277 e. The van der Waals surface area contributed by atoms with E-state index in [1.54, 1.807) is 0 Å². The monoisotopic (exact) mass is 391 g/mol. The van der Waals surface area contributed by atoms with E-state index in [1.165, 1.54) is 24.4 Å². The molecule has 2 aromatic carbocycles. The summed E-state index contributed by atoms with van der Waals surface area (Å²) in [6.07, 6.45) is 1.53. The molecule has 0 fully saturated rings. The van der Waals surface area contributed by atoms with Crippen LogP contribution in [0.4, 0.5) is 5.69 Å². The molecule has 0 aromatic heterocycles. The number of carbonyl (C=O) groups is 1. The van der Waals surface area contributed by atoms with Gasteiger partial charge in [-0.2, -0.15) is 5.10 Å². The van der Waals surface area contributed by atoms with Gasteiger partial charge in [0, 0.05) is 12.1 Å². The van der Waals surface area contributed by atoms with Crippen molar-refractivity contribution < 1.29 is 14.5 Å². The maximum absolute atomic E-state index is 11.7. The molecule has 0 aliphatic heterocycles. The average Bonchev–Trinajstić information content (AvgIpc) is 2.55. The SMILES string of the molecule is Cc1ccc(C=NNC(=O)COc2ccc([N+](=O)[O-])cc2Br)cc1. The number of nitrogens with zero attached hydrogens (tertiary/aromatic N) is 2. The Morgan fingerprint density at radius 1 is 1.33 bits per heavy atom. The Labute approximate surface area is 146 Å². The molecule has 0 saturated heterocycles. The number of aryl methyl sites for hydroxylation is 1. The molecule has 0 radical (unpaired) electrons. The molecule has 2 rings (SSSR count). The Hall–Kier alpha value is -2.74. The van der Waals surface area contributed by atoms with Crippen LogP contribution in [0.2, 0.25) is 0 Å². The number of nitro benzene ring substituents is 1. The first-order valence-corrected chi connectivity index (χ1v) is 7.70. The number of non-ortho nitro benzene ring substituents is 1. The van der Waals surface area contributed by atoms with Crippen molar-refractivity contribution >= 4 is 33.7 Å². The molecule has 8 heteroatoms. The Bertz CT molecular complexity index is 775. The highest BCUT2D eigenvalue weighted by molar-refractivity contribution is 9.10. The highest BCUT2D eigenvalue weighted by atomic mass is 79.9. The number of hydrazone groups is 1. The lowest BCUT2D eigenvalue weighted by Gasteiger charge is -2.06. The molecule has 7 nitrogen and oxygen atoms in total. The molecule has 0 spiro atoms. The molecule has 0 bridgehead atoms. The molecule has 0 aliphatic carbocycles. The summed E-state index contributed by atoms with van der Waals surface area (Å²) in [5.74, 6) is -0.109. The first-order valence-electron chi connectivity index (χ1n) is 6.91. The van der Waals surface area contributed by atoms with E-state index in [2.05, 4.69) is 26.5 Å². The Morgan fingerprint density at radius 2 is 2.04 bits per heavy atom. The normalized spacial score (nSPS) is 10.6. The van der Waals surface area contributed by atoms with Gasteiger partial charge < -0.3 is 4.74 Å². The van der Waals surface area contributed by atoms with Gasteiger partial charge in [0.05, 0.1) is 15.6 Å². The summed E-state index contributed by atoms with van der Waals surface area (Å²) in [5.41, 5.74) is 4.28. The third-order valence-corrected chi connectivity index (χ3v) is 3.58. The van der Waals surface area contributed by atoms with E-state index in [1.807, 2.05) is 31.2 Å². The van der Waals surface area contributed by atoms with Crippen molar-refractivity contribution in [3.05, 3.63) is 68.2 Å². The average molecular weight is 392 g/mol. The highest BCUT2D eigenvalue weighted by Crippen LogP contribution is 2.28. The van der Waals surface area contributed by atoms with Gasteiger partial charge >= 0.3 is 0 Å². The first kappa shape index (κ1) is 17.6. The fourth-order valence-corrected chi connectivity index (χ4v) is 2.21. The molecule has 124 valence electrons. The van der Waals surface area contributed by atoms with Crippen LogP contribution in [0.5, 0.6) is 5.75 Å². The number of ether oxygens (including phenoxy) is 1. The zero-order valence-corrected chi connectivity index (χ0v) is 14.3. The van der Waals surface area contributed by atoms with Crippen molar-refractivity contribution in [2.45, 2.75) is 6.92 Å². The number of carbonyl (C=O) groups excluding carboxylic acids is 1. The molecule has 0 unspecified atom stereocenters. The Kier molecular flexibility index (Phi) is 6.02. The number of nitro groups is 1. The van der Waals surface area contributed by atoms with Crippen molar-refractivity contribution in [2.24, 2.45) is 5.10 Å². The van der Waals surface area contributed by atoms with Crippen molar-refractivity contribution in [2.75, 3.05) is 6.61 Å². The predicted octanol–water partition coefficient (Wildman–Crippen LogP) is 3.19. The number of nitrogens with one attached hydrogen (secondary N) is 1. The molecular formula is C16H14BrN3O4. The summed E-state index contributed by atoms with van der Waals surface area (Å²) >= 11 is 3.16. The summed E-state index contributed by atoms with van der Waals surface area (Å²) in [4.78, 5) is 21.8. The topological polar surface area (TPSA) is 93.8 Å². The summed E-state index contributed by atoms with van der Waals surface area (Å²) in [6, 6.07) is 11.7. The molecule has 1 N–H and O–H groups in total. The van der Waals surface area contributed by atoms with Gasteiger partial charge in [0.15, 0.2) is 6.61 Å². The van der Waals surface area contributed by atoms with Crippen LogP contribution >= 0.6 is 15.9 Å². The lowest BCUT2D eigenvalue weighted by molar-refractivity contribution is -0.384. The number of amides is 1. The van der Waals surface area contributed by atoms with Gasteiger partial charge in [0.2, 0.25) is 0 Å². The smallest absolute Gasteiger partial charge is 0.277 e. The minimum Gasteiger partial charge on any atom is -0.483 e. The van der Waals surface area contributed by atoms with Crippen LogP contribution in [-0.2, 0) is 4.79 Å². The van der Waals surface area contributed by atoms with Crippen LogP contribution in [0.15, 0.2) is 52.0 Å². The second-order valence-corrected chi connectivity index (χ2v) is 5.72. The Morgan fingerprint density at radius 3 is 2.67 bits per heavy atom. The number of benzene rings is 2. The summed E-state index contributed by atoms with van der Waals surface area (Å²) in [7, 11) is 0. The van der Waals surface area contributed by atoms with Crippen LogP contribution < -0.4 is 10.2 Å². The molecule has 0 aliphatic rings. The van der Waals surface area contributed by atoms with E-state index in [9.17, 15) is 14.9 Å². The standard InChI is InChI=1S/C16H14BrN3O4/c1-11-2-4-12(5-3-11)9-18-19-16(21)10-24-15-7-6-13(20(22)23)8-14(15)17/h2-9H,10H2,1H3,(H,19,21). The van der Waals surface area contributed by atoms with Gasteiger partial charge in [0.25, 0.3) is 11.6 Å². The van der Waals surface area contributed by atoms with Crippen molar-refractivity contribution in [1.82, 2.24) is 5.43 Å². The summed E-state index contributed by atoms with van der Waals surface area (Å²) in [6.45, 7) is 1.72. The van der Waals surface area contributed by atoms with E-state index in [0.29, 0.717) is 10.2 Å². The van der Waals surface area contributed by atoms with Gasteiger partial charge in [-0.3, -0.25) is 14.9 Å². The minimum atomic E-state index is -0.513. The lowest BCUT2D eigenvalue weighted by Crippen LogP contribution is -2.24. The van der Waals surface area contributed by atoms with Gasteiger partial charge in [-0.25, -0.2) is 5.43 Å².